The number of amides is 2. The number of nitriles is 1. The summed E-state index contributed by atoms with van der Waals surface area (Å²) in [6, 6.07) is 9.77. The highest BCUT2D eigenvalue weighted by Crippen LogP contribution is 2.21. The molecule has 0 aromatic heterocycles. The van der Waals surface area contributed by atoms with Crippen LogP contribution in [-0.2, 0) is 9.59 Å². The van der Waals surface area contributed by atoms with Crippen molar-refractivity contribution >= 4 is 23.2 Å². The van der Waals surface area contributed by atoms with Crippen molar-refractivity contribution in [3.8, 4) is 6.07 Å². The molecule has 0 radical (unpaired) electrons. The zero-order chi connectivity index (χ0) is 17.8. The summed E-state index contributed by atoms with van der Waals surface area (Å²) in [5, 5.41) is 14.7. The Bertz CT molecular complexity index is 752. The molecule has 2 amide bonds. The van der Waals surface area contributed by atoms with E-state index in [1.54, 1.807) is 11.9 Å². The van der Waals surface area contributed by atoms with Crippen LogP contribution in [0.15, 0.2) is 29.4 Å². The molecule has 1 fully saturated rings. The summed E-state index contributed by atoms with van der Waals surface area (Å²) in [4.78, 5) is 28.2. The number of benzene rings is 1. The molecule has 130 valence electrons. The van der Waals surface area contributed by atoms with Crippen LogP contribution in [0.2, 0.25) is 0 Å². The summed E-state index contributed by atoms with van der Waals surface area (Å²) >= 11 is 0. The lowest BCUT2D eigenvalue weighted by Crippen LogP contribution is -2.42. The molecular formula is C18H21N5O2. The molecule has 7 nitrogen and oxygen atoms in total. The predicted molar refractivity (Wildman–Crippen MR) is 94.0 cm³/mol. The minimum Gasteiger partial charge on any atom is -0.369 e. The van der Waals surface area contributed by atoms with Gasteiger partial charge in [0.15, 0.2) is 0 Å². The molecule has 0 N–H and O–H groups in total. The van der Waals surface area contributed by atoms with E-state index in [1.165, 1.54) is 5.01 Å². The third kappa shape index (κ3) is 3.63. The predicted octanol–water partition coefficient (Wildman–Crippen LogP) is 1.21. The smallest absolute Gasteiger partial charge is 0.270 e. The first-order chi connectivity index (χ1) is 12.1. The van der Waals surface area contributed by atoms with E-state index in [4.69, 9.17) is 0 Å². The Kier molecular flexibility index (Phi) is 4.98. The van der Waals surface area contributed by atoms with Crippen LogP contribution in [0.4, 0.5) is 5.69 Å². The SMILES string of the molecule is CN1N=C(C(=O)N2CCCN(c3ccccc3C#N)CC2)CCC1=O. The van der Waals surface area contributed by atoms with Gasteiger partial charge in [0.25, 0.3) is 5.91 Å². The maximum absolute atomic E-state index is 12.7. The molecular weight excluding hydrogens is 318 g/mol. The van der Waals surface area contributed by atoms with Crippen LogP contribution in [-0.4, -0.2) is 60.7 Å². The summed E-state index contributed by atoms with van der Waals surface area (Å²) in [6.45, 7) is 2.70. The Morgan fingerprint density at radius 2 is 1.96 bits per heavy atom. The van der Waals surface area contributed by atoms with Crippen LogP contribution in [0.3, 0.4) is 0 Å². The first-order valence-corrected chi connectivity index (χ1v) is 8.47. The summed E-state index contributed by atoms with van der Waals surface area (Å²) in [6.07, 6.45) is 1.56. The number of para-hydroxylation sites is 1. The molecule has 2 heterocycles. The number of carbonyl (C=O) groups excluding carboxylic acids is 2. The van der Waals surface area contributed by atoms with Crippen molar-refractivity contribution in [3.63, 3.8) is 0 Å². The highest BCUT2D eigenvalue weighted by atomic mass is 16.2. The first kappa shape index (κ1) is 17.0. The van der Waals surface area contributed by atoms with Gasteiger partial charge in [0.05, 0.1) is 11.3 Å². The molecule has 2 aliphatic rings. The van der Waals surface area contributed by atoms with Crippen molar-refractivity contribution in [2.75, 3.05) is 38.1 Å². The van der Waals surface area contributed by atoms with Crippen LogP contribution in [0.5, 0.6) is 0 Å². The van der Waals surface area contributed by atoms with Crippen molar-refractivity contribution in [2.24, 2.45) is 5.10 Å². The van der Waals surface area contributed by atoms with Crippen LogP contribution >= 0.6 is 0 Å². The van der Waals surface area contributed by atoms with Gasteiger partial charge < -0.3 is 9.80 Å². The fourth-order valence-corrected chi connectivity index (χ4v) is 3.21. The summed E-state index contributed by atoms with van der Waals surface area (Å²) < 4.78 is 0. The maximum atomic E-state index is 12.7. The van der Waals surface area contributed by atoms with E-state index in [-0.39, 0.29) is 11.8 Å². The molecule has 0 saturated carbocycles. The quantitative estimate of drug-likeness (QED) is 0.811. The van der Waals surface area contributed by atoms with E-state index in [1.807, 2.05) is 24.3 Å². The molecule has 1 aromatic rings. The van der Waals surface area contributed by atoms with Crippen molar-refractivity contribution in [1.29, 1.82) is 5.26 Å². The third-order valence-electron chi connectivity index (χ3n) is 4.60. The second kappa shape index (κ2) is 7.34. The number of rotatable bonds is 2. The fourth-order valence-electron chi connectivity index (χ4n) is 3.21. The van der Waals surface area contributed by atoms with Gasteiger partial charge in [-0.25, -0.2) is 5.01 Å². The van der Waals surface area contributed by atoms with Crippen LogP contribution < -0.4 is 4.90 Å². The van der Waals surface area contributed by atoms with Crippen molar-refractivity contribution in [2.45, 2.75) is 19.3 Å². The number of carbonyl (C=O) groups is 2. The second-order valence-electron chi connectivity index (χ2n) is 6.23. The number of hydrazone groups is 1. The Balaban J connectivity index is 1.70. The highest BCUT2D eigenvalue weighted by Gasteiger charge is 2.27. The molecule has 0 aliphatic carbocycles. The van der Waals surface area contributed by atoms with Crippen LogP contribution in [0.1, 0.15) is 24.8 Å². The highest BCUT2D eigenvalue weighted by molar-refractivity contribution is 6.39. The Morgan fingerprint density at radius 3 is 2.72 bits per heavy atom. The minimum atomic E-state index is -0.0882. The van der Waals surface area contributed by atoms with Crippen molar-refractivity contribution < 1.29 is 9.59 Å². The van der Waals surface area contributed by atoms with Gasteiger partial charge >= 0.3 is 0 Å². The minimum absolute atomic E-state index is 0.0632. The number of hydrogen-bond acceptors (Lipinski definition) is 5. The van der Waals surface area contributed by atoms with Gasteiger partial charge in [-0.3, -0.25) is 9.59 Å². The van der Waals surface area contributed by atoms with E-state index in [2.05, 4.69) is 16.1 Å². The molecule has 7 heteroatoms. The summed E-state index contributed by atoms with van der Waals surface area (Å²) in [7, 11) is 1.58. The third-order valence-corrected chi connectivity index (χ3v) is 4.60. The number of nitrogens with zero attached hydrogens (tertiary/aromatic N) is 5. The van der Waals surface area contributed by atoms with E-state index >= 15 is 0 Å². The molecule has 0 spiro atoms. The van der Waals surface area contributed by atoms with Gasteiger partial charge in [0.1, 0.15) is 11.8 Å². The molecule has 25 heavy (non-hydrogen) atoms. The number of anilines is 1. The normalized spacial score (nSPS) is 18.5. The topological polar surface area (TPSA) is 80.0 Å². The van der Waals surface area contributed by atoms with Gasteiger partial charge in [-0.15, -0.1) is 0 Å². The average Bonchev–Trinajstić information content (AvgIpc) is 2.89. The van der Waals surface area contributed by atoms with E-state index in [0.29, 0.717) is 43.8 Å². The van der Waals surface area contributed by atoms with E-state index < -0.39 is 0 Å². The number of hydrogen-bond donors (Lipinski definition) is 0. The zero-order valence-corrected chi connectivity index (χ0v) is 14.3. The molecule has 0 unspecified atom stereocenters. The van der Waals surface area contributed by atoms with E-state index in [9.17, 15) is 14.9 Å². The van der Waals surface area contributed by atoms with Gasteiger partial charge in [-0.05, 0) is 18.6 Å². The molecule has 3 rings (SSSR count). The molecule has 1 aromatic carbocycles. The Morgan fingerprint density at radius 1 is 1.16 bits per heavy atom. The van der Waals surface area contributed by atoms with Gasteiger partial charge in [0, 0.05) is 46.1 Å². The van der Waals surface area contributed by atoms with Gasteiger partial charge in [-0.1, -0.05) is 12.1 Å². The average molecular weight is 339 g/mol. The second-order valence-corrected chi connectivity index (χ2v) is 6.23. The summed E-state index contributed by atoms with van der Waals surface area (Å²) in [5.41, 5.74) is 2.02. The Labute approximate surface area is 147 Å². The lowest BCUT2D eigenvalue weighted by atomic mass is 10.1. The monoisotopic (exact) mass is 339 g/mol. The largest absolute Gasteiger partial charge is 0.369 e. The lowest BCUT2D eigenvalue weighted by molar-refractivity contribution is -0.130. The van der Waals surface area contributed by atoms with Crippen LogP contribution in [0.25, 0.3) is 0 Å². The molecule has 2 aliphatic heterocycles. The molecule has 0 bridgehead atoms. The van der Waals surface area contributed by atoms with Gasteiger partial charge in [-0.2, -0.15) is 10.4 Å². The van der Waals surface area contributed by atoms with Crippen LogP contribution in [0, 0.1) is 11.3 Å². The van der Waals surface area contributed by atoms with E-state index in [0.717, 1.165) is 18.7 Å². The first-order valence-electron chi connectivity index (χ1n) is 8.47. The molecule has 0 atom stereocenters. The fraction of sp³-hybridized carbons (Fsp3) is 0.444. The maximum Gasteiger partial charge on any atom is 0.270 e. The summed E-state index contributed by atoms with van der Waals surface area (Å²) in [5.74, 6) is -0.151. The van der Waals surface area contributed by atoms with Crippen molar-refractivity contribution in [1.82, 2.24) is 9.91 Å². The zero-order valence-electron chi connectivity index (χ0n) is 14.3. The standard InChI is InChI=1S/C18H21N5O2/c1-21-17(24)8-7-15(20-21)18(25)23-10-4-9-22(11-12-23)16-6-3-2-5-14(16)13-19/h2-3,5-6H,4,7-12H2,1H3. The Hall–Kier alpha value is -2.88. The van der Waals surface area contributed by atoms with Gasteiger partial charge in [0.2, 0.25) is 5.91 Å². The lowest BCUT2D eigenvalue weighted by Gasteiger charge is -2.26. The molecule has 1 saturated heterocycles. The van der Waals surface area contributed by atoms with Crippen molar-refractivity contribution in [3.05, 3.63) is 29.8 Å².